The molecule has 100 valence electrons. The van der Waals surface area contributed by atoms with Gasteiger partial charge < -0.3 is 0 Å². The van der Waals surface area contributed by atoms with Gasteiger partial charge in [-0.2, -0.15) is 0 Å². The highest BCUT2D eigenvalue weighted by Gasteiger charge is 2.21. The van der Waals surface area contributed by atoms with Crippen molar-refractivity contribution in [3.05, 3.63) is 53.6 Å². The molecule has 5 heteroatoms. The molecular weight excluding hydrogens is 282 g/mol. The first-order valence-electron chi connectivity index (χ1n) is 5.70. The lowest BCUT2D eigenvalue weighted by atomic mass is 10.1. The minimum atomic E-state index is -3.48. The van der Waals surface area contributed by atoms with Crippen LogP contribution in [0.2, 0.25) is 5.02 Å². The normalized spacial score (nSPS) is 11.8. The summed E-state index contributed by atoms with van der Waals surface area (Å²) in [5, 5.41) is 0.578. The Bertz CT molecular complexity index is 696. The summed E-state index contributed by atoms with van der Waals surface area (Å²) in [6.45, 7) is 0. The molecule has 0 spiro atoms. The number of rotatable bonds is 3. The lowest BCUT2D eigenvalue weighted by molar-refractivity contribution is 0.521. The maximum Gasteiger partial charge on any atom is 0.243 e. The molecule has 19 heavy (non-hydrogen) atoms. The van der Waals surface area contributed by atoms with Crippen molar-refractivity contribution in [1.82, 2.24) is 4.31 Å². The van der Waals surface area contributed by atoms with Gasteiger partial charge in [-0.15, -0.1) is 0 Å². The molecule has 2 rings (SSSR count). The standard InChI is InChI=1S/C14H14ClNO2S/c1-16(2)19(17,18)14-9-4-3-8-13(14)11-6-5-7-12(15)10-11/h3-10H,1-2H3. The smallest absolute Gasteiger partial charge is 0.207 e. The Morgan fingerprint density at radius 1 is 1.00 bits per heavy atom. The first-order chi connectivity index (χ1) is 8.93. The van der Waals surface area contributed by atoms with Crippen LogP contribution in [-0.2, 0) is 10.0 Å². The van der Waals surface area contributed by atoms with Gasteiger partial charge in [-0.3, -0.25) is 0 Å². The van der Waals surface area contributed by atoms with Gasteiger partial charge in [-0.25, -0.2) is 12.7 Å². The molecule has 0 unspecified atom stereocenters. The largest absolute Gasteiger partial charge is 0.243 e. The molecule has 0 bridgehead atoms. The lowest BCUT2D eigenvalue weighted by Crippen LogP contribution is -2.22. The third-order valence-corrected chi connectivity index (χ3v) is 4.89. The number of nitrogens with zero attached hydrogens (tertiary/aromatic N) is 1. The Balaban J connectivity index is 2.67. The number of sulfonamides is 1. The van der Waals surface area contributed by atoms with E-state index in [1.807, 2.05) is 12.1 Å². The summed E-state index contributed by atoms with van der Waals surface area (Å²) in [5.41, 5.74) is 1.44. The Kier molecular flexibility index (Phi) is 3.94. The lowest BCUT2D eigenvalue weighted by Gasteiger charge is -2.15. The van der Waals surface area contributed by atoms with Crippen LogP contribution < -0.4 is 0 Å². The van der Waals surface area contributed by atoms with E-state index in [0.717, 1.165) is 5.56 Å². The molecule has 2 aromatic rings. The van der Waals surface area contributed by atoms with Gasteiger partial charge in [0.1, 0.15) is 0 Å². The molecule has 0 saturated carbocycles. The highest BCUT2D eigenvalue weighted by atomic mass is 35.5. The minimum Gasteiger partial charge on any atom is -0.207 e. The molecule has 0 aliphatic rings. The van der Waals surface area contributed by atoms with Gasteiger partial charge in [0, 0.05) is 24.7 Å². The van der Waals surface area contributed by atoms with Crippen molar-refractivity contribution >= 4 is 21.6 Å². The van der Waals surface area contributed by atoms with Crippen LogP contribution in [0.5, 0.6) is 0 Å². The van der Waals surface area contributed by atoms with Crippen LogP contribution in [0.1, 0.15) is 0 Å². The van der Waals surface area contributed by atoms with E-state index < -0.39 is 10.0 Å². The number of halogens is 1. The average molecular weight is 296 g/mol. The molecule has 0 radical (unpaired) electrons. The van der Waals surface area contributed by atoms with E-state index in [0.29, 0.717) is 10.6 Å². The maximum atomic E-state index is 12.3. The predicted octanol–water partition coefficient (Wildman–Crippen LogP) is 3.26. The molecule has 0 amide bonds. The van der Waals surface area contributed by atoms with E-state index in [-0.39, 0.29) is 4.90 Å². The number of hydrogen-bond acceptors (Lipinski definition) is 2. The van der Waals surface area contributed by atoms with E-state index in [4.69, 9.17) is 11.6 Å². The quantitative estimate of drug-likeness (QED) is 0.871. The summed E-state index contributed by atoms with van der Waals surface area (Å²) in [6, 6.07) is 14.1. The van der Waals surface area contributed by atoms with Crippen molar-refractivity contribution < 1.29 is 8.42 Å². The van der Waals surface area contributed by atoms with Crippen LogP contribution in [0, 0.1) is 0 Å². The van der Waals surface area contributed by atoms with E-state index in [9.17, 15) is 8.42 Å². The summed E-state index contributed by atoms with van der Waals surface area (Å²) in [5.74, 6) is 0. The molecule has 0 aromatic heterocycles. The van der Waals surface area contributed by atoms with Crippen molar-refractivity contribution in [2.45, 2.75) is 4.90 Å². The molecule has 2 aromatic carbocycles. The third kappa shape index (κ3) is 2.81. The van der Waals surface area contributed by atoms with Crippen LogP contribution in [0.4, 0.5) is 0 Å². The van der Waals surface area contributed by atoms with E-state index >= 15 is 0 Å². The first-order valence-corrected chi connectivity index (χ1v) is 7.52. The first kappa shape index (κ1) is 14.1. The van der Waals surface area contributed by atoms with Crippen molar-refractivity contribution in [3.63, 3.8) is 0 Å². The van der Waals surface area contributed by atoms with Gasteiger partial charge in [0.05, 0.1) is 4.90 Å². The zero-order valence-electron chi connectivity index (χ0n) is 10.7. The molecular formula is C14H14ClNO2S. The molecule has 0 fully saturated rings. The minimum absolute atomic E-state index is 0.280. The van der Waals surface area contributed by atoms with Gasteiger partial charge in [0.25, 0.3) is 0 Å². The second kappa shape index (κ2) is 5.33. The van der Waals surface area contributed by atoms with Crippen LogP contribution in [0.25, 0.3) is 11.1 Å². The molecule has 0 atom stereocenters. The molecule has 0 saturated heterocycles. The van der Waals surface area contributed by atoms with Gasteiger partial charge in [-0.1, -0.05) is 41.9 Å². The Labute approximate surface area is 118 Å². The zero-order valence-corrected chi connectivity index (χ0v) is 12.2. The Hall–Kier alpha value is -1.36. The fourth-order valence-corrected chi connectivity index (χ4v) is 3.08. The topological polar surface area (TPSA) is 37.4 Å². The van der Waals surface area contributed by atoms with Crippen LogP contribution in [0.15, 0.2) is 53.4 Å². The fraction of sp³-hybridized carbons (Fsp3) is 0.143. The van der Waals surface area contributed by atoms with Gasteiger partial charge in [0.15, 0.2) is 0 Å². The van der Waals surface area contributed by atoms with Crippen molar-refractivity contribution in [3.8, 4) is 11.1 Å². The Morgan fingerprint density at radius 3 is 2.32 bits per heavy atom. The fourth-order valence-electron chi connectivity index (χ4n) is 1.78. The van der Waals surface area contributed by atoms with E-state index in [1.165, 1.54) is 18.4 Å². The highest BCUT2D eigenvalue weighted by Crippen LogP contribution is 2.30. The van der Waals surface area contributed by atoms with Gasteiger partial charge >= 0.3 is 0 Å². The van der Waals surface area contributed by atoms with Crippen molar-refractivity contribution in [2.75, 3.05) is 14.1 Å². The average Bonchev–Trinajstić information content (AvgIpc) is 2.38. The molecule has 0 aliphatic heterocycles. The van der Waals surface area contributed by atoms with Gasteiger partial charge in [0.2, 0.25) is 10.0 Å². The van der Waals surface area contributed by atoms with E-state index in [2.05, 4.69) is 0 Å². The predicted molar refractivity (Wildman–Crippen MR) is 77.8 cm³/mol. The van der Waals surface area contributed by atoms with Crippen molar-refractivity contribution in [1.29, 1.82) is 0 Å². The number of benzene rings is 2. The van der Waals surface area contributed by atoms with Crippen LogP contribution in [0.3, 0.4) is 0 Å². The summed E-state index contributed by atoms with van der Waals surface area (Å²) in [7, 11) is -0.442. The SMILES string of the molecule is CN(C)S(=O)(=O)c1ccccc1-c1cccc(Cl)c1. The van der Waals surface area contributed by atoms with Gasteiger partial charge in [-0.05, 0) is 23.8 Å². The monoisotopic (exact) mass is 295 g/mol. The highest BCUT2D eigenvalue weighted by molar-refractivity contribution is 7.89. The number of hydrogen-bond donors (Lipinski definition) is 0. The molecule has 0 N–H and O–H groups in total. The summed E-state index contributed by atoms with van der Waals surface area (Å²) in [6.07, 6.45) is 0. The third-order valence-electron chi connectivity index (χ3n) is 2.78. The summed E-state index contributed by atoms with van der Waals surface area (Å²) < 4.78 is 25.8. The maximum absolute atomic E-state index is 12.3. The zero-order chi connectivity index (χ0) is 14.0. The van der Waals surface area contributed by atoms with E-state index in [1.54, 1.807) is 36.4 Å². The molecule has 3 nitrogen and oxygen atoms in total. The summed E-state index contributed by atoms with van der Waals surface area (Å²) in [4.78, 5) is 0.280. The molecule has 0 aliphatic carbocycles. The van der Waals surface area contributed by atoms with Crippen LogP contribution in [-0.4, -0.2) is 26.8 Å². The second-order valence-electron chi connectivity index (χ2n) is 4.29. The summed E-state index contributed by atoms with van der Waals surface area (Å²) >= 11 is 5.96. The molecule has 0 heterocycles. The van der Waals surface area contributed by atoms with Crippen LogP contribution >= 0.6 is 11.6 Å². The Morgan fingerprint density at radius 2 is 1.68 bits per heavy atom. The van der Waals surface area contributed by atoms with Crippen molar-refractivity contribution in [2.24, 2.45) is 0 Å². The second-order valence-corrected chi connectivity index (χ2v) is 6.85.